The molecule has 3 rings (SSSR count). The first-order valence-electron chi connectivity index (χ1n) is 5.19. The molecule has 0 radical (unpaired) electrons. The molecule has 1 aliphatic carbocycles. The van der Waals surface area contributed by atoms with Gasteiger partial charge in [-0.3, -0.25) is 4.40 Å². The van der Waals surface area contributed by atoms with E-state index < -0.39 is 0 Å². The molecule has 1 fully saturated rings. The van der Waals surface area contributed by atoms with Crippen molar-refractivity contribution in [2.45, 2.75) is 25.4 Å². The number of aromatic nitrogens is 2. The molecule has 0 amide bonds. The van der Waals surface area contributed by atoms with Gasteiger partial charge in [0, 0.05) is 18.8 Å². The number of nitrogens with one attached hydrogen (secondary N) is 1. The van der Waals surface area contributed by atoms with E-state index in [0.717, 1.165) is 23.0 Å². The van der Waals surface area contributed by atoms with Crippen molar-refractivity contribution >= 4 is 21.4 Å². The highest BCUT2D eigenvalue weighted by molar-refractivity contribution is 9.10. The van der Waals surface area contributed by atoms with Crippen LogP contribution in [0.15, 0.2) is 29.1 Å². The maximum Gasteiger partial charge on any atom is 0.182 e. The maximum absolute atomic E-state index is 4.51. The predicted molar refractivity (Wildman–Crippen MR) is 62.8 cm³/mol. The van der Waals surface area contributed by atoms with Crippen LogP contribution >= 0.6 is 15.9 Å². The highest BCUT2D eigenvalue weighted by atomic mass is 79.9. The molecule has 0 unspecified atom stereocenters. The third kappa shape index (κ3) is 1.79. The molecule has 2 aromatic heterocycles. The zero-order valence-corrected chi connectivity index (χ0v) is 9.87. The Labute approximate surface area is 96.6 Å². The smallest absolute Gasteiger partial charge is 0.182 e. The molecule has 3 nitrogen and oxygen atoms in total. The molecule has 2 heterocycles. The van der Waals surface area contributed by atoms with Crippen LogP contribution in [0.5, 0.6) is 0 Å². The van der Waals surface area contributed by atoms with Gasteiger partial charge < -0.3 is 5.32 Å². The molecule has 2 aromatic rings. The Bertz CT molecular complexity index is 488. The summed E-state index contributed by atoms with van der Waals surface area (Å²) >= 11 is 3.46. The van der Waals surface area contributed by atoms with E-state index in [0.29, 0.717) is 0 Å². The van der Waals surface area contributed by atoms with Gasteiger partial charge in [-0.1, -0.05) is 6.07 Å². The third-order valence-electron chi connectivity index (χ3n) is 2.72. The van der Waals surface area contributed by atoms with Gasteiger partial charge in [0.25, 0.3) is 0 Å². The molecule has 0 aliphatic heterocycles. The van der Waals surface area contributed by atoms with Crippen molar-refractivity contribution in [2.24, 2.45) is 0 Å². The van der Waals surface area contributed by atoms with Crippen molar-refractivity contribution in [2.75, 3.05) is 0 Å². The molecule has 1 saturated carbocycles. The summed E-state index contributed by atoms with van der Waals surface area (Å²) in [7, 11) is 0. The SMILES string of the molecule is Brc1nc(CNC2CC2)c2ccccn12. The van der Waals surface area contributed by atoms with E-state index in [1.807, 2.05) is 18.3 Å². The zero-order valence-electron chi connectivity index (χ0n) is 8.28. The number of pyridine rings is 1. The van der Waals surface area contributed by atoms with E-state index in [1.165, 1.54) is 18.4 Å². The first-order valence-corrected chi connectivity index (χ1v) is 5.99. The Morgan fingerprint density at radius 2 is 2.33 bits per heavy atom. The lowest BCUT2D eigenvalue weighted by Gasteiger charge is -1.99. The van der Waals surface area contributed by atoms with Crippen molar-refractivity contribution in [3.8, 4) is 0 Å². The van der Waals surface area contributed by atoms with Crippen molar-refractivity contribution in [3.63, 3.8) is 0 Å². The van der Waals surface area contributed by atoms with Gasteiger partial charge in [0.15, 0.2) is 4.73 Å². The van der Waals surface area contributed by atoms with Crippen LogP contribution in [0.25, 0.3) is 5.52 Å². The van der Waals surface area contributed by atoms with Crippen LogP contribution in [0.1, 0.15) is 18.5 Å². The number of hydrogen-bond acceptors (Lipinski definition) is 2. The van der Waals surface area contributed by atoms with E-state index in [9.17, 15) is 0 Å². The van der Waals surface area contributed by atoms with Gasteiger partial charge in [0.1, 0.15) is 0 Å². The summed E-state index contributed by atoms with van der Waals surface area (Å²) in [6.45, 7) is 0.865. The minimum Gasteiger partial charge on any atom is -0.308 e. The highest BCUT2D eigenvalue weighted by Crippen LogP contribution is 2.21. The van der Waals surface area contributed by atoms with Crippen LogP contribution in [-0.2, 0) is 6.54 Å². The van der Waals surface area contributed by atoms with E-state index in [4.69, 9.17) is 0 Å². The summed E-state index contributed by atoms with van der Waals surface area (Å²) < 4.78 is 2.94. The Morgan fingerprint density at radius 3 is 3.13 bits per heavy atom. The number of halogens is 1. The number of imidazole rings is 1. The second kappa shape index (κ2) is 3.61. The predicted octanol–water partition coefficient (Wildman–Crippen LogP) is 2.35. The fourth-order valence-corrected chi connectivity index (χ4v) is 2.24. The first-order chi connectivity index (χ1) is 7.34. The van der Waals surface area contributed by atoms with Gasteiger partial charge in [-0.25, -0.2) is 4.98 Å². The summed E-state index contributed by atoms with van der Waals surface area (Å²) in [4.78, 5) is 4.51. The summed E-state index contributed by atoms with van der Waals surface area (Å²) in [6.07, 6.45) is 4.65. The van der Waals surface area contributed by atoms with Crippen molar-refractivity contribution in [3.05, 3.63) is 34.8 Å². The van der Waals surface area contributed by atoms with Crippen LogP contribution in [-0.4, -0.2) is 15.4 Å². The van der Waals surface area contributed by atoms with Gasteiger partial charge >= 0.3 is 0 Å². The molecule has 0 aromatic carbocycles. The zero-order chi connectivity index (χ0) is 10.3. The fraction of sp³-hybridized carbons (Fsp3) is 0.364. The van der Waals surface area contributed by atoms with E-state index >= 15 is 0 Å². The lowest BCUT2D eigenvalue weighted by Crippen LogP contribution is -2.15. The van der Waals surface area contributed by atoms with Crippen molar-refractivity contribution in [1.29, 1.82) is 0 Å². The summed E-state index contributed by atoms with van der Waals surface area (Å²) in [6, 6.07) is 6.88. The normalized spacial score (nSPS) is 16.1. The number of hydrogen-bond donors (Lipinski definition) is 1. The number of fused-ring (bicyclic) bond motifs is 1. The second-order valence-corrected chi connectivity index (χ2v) is 4.65. The van der Waals surface area contributed by atoms with Gasteiger partial charge in [0.05, 0.1) is 11.2 Å². The summed E-state index contributed by atoms with van der Waals surface area (Å²) in [5.74, 6) is 0. The Balaban J connectivity index is 1.94. The van der Waals surface area contributed by atoms with Crippen LogP contribution < -0.4 is 5.32 Å². The molecule has 0 spiro atoms. The average molecular weight is 266 g/mol. The van der Waals surface area contributed by atoms with Gasteiger partial charge in [0.2, 0.25) is 0 Å². The highest BCUT2D eigenvalue weighted by Gasteiger charge is 2.21. The van der Waals surface area contributed by atoms with Crippen molar-refractivity contribution < 1.29 is 0 Å². The molecule has 1 aliphatic rings. The van der Waals surface area contributed by atoms with Crippen LogP contribution in [0.3, 0.4) is 0 Å². The quantitative estimate of drug-likeness (QED) is 0.924. The molecular weight excluding hydrogens is 254 g/mol. The lowest BCUT2D eigenvalue weighted by atomic mass is 10.3. The summed E-state index contributed by atoms with van der Waals surface area (Å²) in [5, 5.41) is 3.48. The average Bonchev–Trinajstić information content (AvgIpc) is 3.03. The van der Waals surface area contributed by atoms with E-state index in [1.54, 1.807) is 0 Å². The Hall–Kier alpha value is -0.870. The Morgan fingerprint density at radius 1 is 1.47 bits per heavy atom. The van der Waals surface area contributed by atoms with Crippen molar-refractivity contribution in [1.82, 2.24) is 14.7 Å². The first kappa shape index (κ1) is 9.36. The Kier molecular flexibility index (Phi) is 2.25. The molecule has 0 atom stereocenters. The standard InChI is InChI=1S/C11H12BrN3/c12-11-14-9(7-13-8-4-5-8)10-3-1-2-6-15(10)11/h1-3,6,8,13H,4-5,7H2. The van der Waals surface area contributed by atoms with Crippen LogP contribution in [0, 0.1) is 0 Å². The van der Waals surface area contributed by atoms with Gasteiger partial charge in [-0.15, -0.1) is 0 Å². The van der Waals surface area contributed by atoms with Crippen LogP contribution in [0.2, 0.25) is 0 Å². The lowest BCUT2D eigenvalue weighted by molar-refractivity contribution is 0.679. The number of nitrogens with zero attached hydrogens (tertiary/aromatic N) is 2. The largest absolute Gasteiger partial charge is 0.308 e. The monoisotopic (exact) mass is 265 g/mol. The minimum atomic E-state index is 0.726. The molecule has 1 N–H and O–H groups in total. The molecular formula is C11H12BrN3. The third-order valence-corrected chi connectivity index (χ3v) is 3.28. The van der Waals surface area contributed by atoms with E-state index in [-0.39, 0.29) is 0 Å². The molecule has 15 heavy (non-hydrogen) atoms. The molecule has 0 bridgehead atoms. The minimum absolute atomic E-state index is 0.726. The van der Waals surface area contributed by atoms with E-state index in [2.05, 4.69) is 36.7 Å². The molecule has 0 saturated heterocycles. The molecule has 78 valence electrons. The fourth-order valence-electron chi connectivity index (χ4n) is 1.72. The maximum atomic E-state index is 4.51. The second-order valence-electron chi connectivity index (χ2n) is 3.94. The molecule has 4 heteroatoms. The van der Waals surface area contributed by atoms with Gasteiger partial charge in [-0.05, 0) is 40.9 Å². The van der Waals surface area contributed by atoms with Gasteiger partial charge in [-0.2, -0.15) is 0 Å². The number of rotatable bonds is 3. The van der Waals surface area contributed by atoms with Crippen LogP contribution in [0.4, 0.5) is 0 Å². The summed E-state index contributed by atoms with van der Waals surface area (Å²) in [5.41, 5.74) is 2.30. The topological polar surface area (TPSA) is 29.3 Å².